The average Bonchev–Trinajstić information content (AvgIpc) is 3.90. The quantitative estimate of drug-likeness (QED) is 0.0548. The number of nitrogens with zero attached hydrogens (tertiary/aromatic N) is 2. The lowest BCUT2D eigenvalue weighted by Crippen LogP contribution is -2.46. The number of aliphatic hydroxyl groups is 5. The Kier molecular flexibility index (Phi) is 17.3. The molecule has 51 heavy (non-hydrogen) atoms. The van der Waals surface area contributed by atoms with E-state index in [1.807, 2.05) is 20.8 Å². The van der Waals surface area contributed by atoms with Gasteiger partial charge in [0.25, 0.3) is 0 Å². The minimum atomic E-state index is -1.55. The van der Waals surface area contributed by atoms with Gasteiger partial charge in [0.05, 0.1) is 36.1 Å². The van der Waals surface area contributed by atoms with E-state index in [1.54, 1.807) is 56.1 Å². The number of rotatable bonds is 19. The van der Waals surface area contributed by atoms with Gasteiger partial charge in [-0.3, -0.25) is 4.90 Å². The fourth-order valence-electron chi connectivity index (χ4n) is 7.47. The predicted octanol–water partition coefficient (Wildman–Crippen LogP) is 4.68. The summed E-state index contributed by atoms with van der Waals surface area (Å²) in [5.41, 5.74) is -2.02. The van der Waals surface area contributed by atoms with Crippen LogP contribution in [0.2, 0.25) is 0 Å². The minimum absolute atomic E-state index is 0.00119. The molecule has 10 unspecified atom stereocenters. The first kappa shape index (κ1) is 43.3. The average molecular weight is 721 g/mol. The molecule has 0 bridgehead atoms. The van der Waals surface area contributed by atoms with E-state index in [2.05, 4.69) is 4.90 Å². The van der Waals surface area contributed by atoms with Gasteiger partial charge in [0, 0.05) is 56.9 Å². The second-order valence-corrected chi connectivity index (χ2v) is 15.9. The molecule has 2 saturated heterocycles. The van der Waals surface area contributed by atoms with E-state index in [9.17, 15) is 35.1 Å². The first-order valence-corrected chi connectivity index (χ1v) is 19.4. The molecule has 11 nitrogen and oxygen atoms in total. The fourth-order valence-corrected chi connectivity index (χ4v) is 7.47. The first-order chi connectivity index (χ1) is 24.1. The van der Waals surface area contributed by atoms with Crippen LogP contribution < -0.4 is 0 Å². The highest BCUT2D eigenvalue weighted by atomic mass is 16.6. The molecule has 11 heteroatoms. The van der Waals surface area contributed by atoms with Gasteiger partial charge in [-0.2, -0.15) is 0 Å². The highest BCUT2D eigenvalue weighted by Crippen LogP contribution is 2.37. The number of allylic oxidation sites excluding steroid dienone is 2. The number of hydrogen-bond donors (Lipinski definition) is 5. The van der Waals surface area contributed by atoms with Gasteiger partial charge < -0.3 is 44.7 Å². The van der Waals surface area contributed by atoms with E-state index in [4.69, 9.17) is 9.47 Å². The lowest BCUT2D eigenvalue weighted by molar-refractivity contribution is -0.110. The molecule has 0 aromatic rings. The standard InChI is InChI=1S/C40H68N2O9/c1-7-33(45)30(4)37-34(50-37)27-39(5,48)20-11-13-28(2)36(46)29(3)16-17-35(40(6,49)21-18-32(44)19-26-43)51-38(47)42-23-12-22-41(24-25-42)31-14-9-8-10-15-31/h11,13,16-17,20,26,29-37,44-46,48-49H,7-10,12,14-15,18-19,21-25,27H2,1-6H3/b17-16+,20-11+,28-13+. The zero-order valence-corrected chi connectivity index (χ0v) is 32.0. The summed E-state index contributed by atoms with van der Waals surface area (Å²) < 4.78 is 11.7. The van der Waals surface area contributed by atoms with Gasteiger partial charge in [-0.15, -0.1) is 0 Å². The molecular formula is C40H68N2O9. The Morgan fingerprint density at radius 3 is 2.37 bits per heavy atom. The van der Waals surface area contributed by atoms with Gasteiger partial charge >= 0.3 is 6.09 Å². The van der Waals surface area contributed by atoms with Gasteiger partial charge in [0.15, 0.2) is 6.10 Å². The molecule has 0 radical (unpaired) electrons. The third kappa shape index (κ3) is 14.0. The van der Waals surface area contributed by atoms with E-state index >= 15 is 0 Å². The summed E-state index contributed by atoms with van der Waals surface area (Å²) in [6, 6.07) is 0.568. The summed E-state index contributed by atoms with van der Waals surface area (Å²) in [6.45, 7) is 13.6. The van der Waals surface area contributed by atoms with Crippen molar-refractivity contribution in [1.29, 1.82) is 0 Å². The molecule has 3 fully saturated rings. The van der Waals surface area contributed by atoms with Crippen LogP contribution in [0.1, 0.15) is 112 Å². The number of carbonyl (C=O) groups is 2. The summed E-state index contributed by atoms with van der Waals surface area (Å²) >= 11 is 0. The summed E-state index contributed by atoms with van der Waals surface area (Å²) in [4.78, 5) is 28.6. The van der Waals surface area contributed by atoms with Crippen molar-refractivity contribution in [1.82, 2.24) is 9.80 Å². The van der Waals surface area contributed by atoms with Crippen molar-refractivity contribution in [3.05, 3.63) is 36.0 Å². The lowest BCUT2D eigenvalue weighted by Gasteiger charge is -2.34. The van der Waals surface area contributed by atoms with Gasteiger partial charge in [-0.1, -0.05) is 64.3 Å². The van der Waals surface area contributed by atoms with Crippen molar-refractivity contribution < 1.29 is 44.6 Å². The number of carbonyl (C=O) groups excluding carboxylic acids is 2. The van der Waals surface area contributed by atoms with E-state index in [-0.39, 0.29) is 37.4 Å². The van der Waals surface area contributed by atoms with Gasteiger partial charge in [-0.25, -0.2) is 4.79 Å². The lowest BCUT2D eigenvalue weighted by atomic mass is 9.89. The molecule has 3 rings (SSSR count). The number of amides is 1. The summed E-state index contributed by atoms with van der Waals surface area (Å²) in [7, 11) is 0. The molecule has 0 aromatic carbocycles. The molecule has 0 spiro atoms. The maximum absolute atomic E-state index is 13.5. The number of aldehydes is 1. The highest BCUT2D eigenvalue weighted by molar-refractivity contribution is 5.68. The summed E-state index contributed by atoms with van der Waals surface area (Å²) in [6.07, 6.45) is 13.4. The van der Waals surface area contributed by atoms with Crippen LogP contribution in [-0.2, 0) is 14.3 Å². The zero-order valence-electron chi connectivity index (χ0n) is 32.0. The number of ether oxygens (including phenoxy) is 2. The molecule has 2 heterocycles. The third-order valence-electron chi connectivity index (χ3n) is 11.2. The topological polar surface area (TPSA) is 164 Å². The second-order valence-electron chi connectivity index (χ2n) is 15.9. The maximum Gasteiger partial charge on any atom is 0.410 e. The van der Waals surface area contributed by atoms with Crippen LogP contribution in [0, 0.1) is 11.8 Å². The molecule has 5 N–H and O–H groups in total. The molecule has 1 saturated carbocycles. The van der Waals surface area contributed by atoms with Crippen molar-refractivity contribution in [2.45, 2.75) is 166 Å². The van der Waals surface area contributed by atoms with Crippen LogP contribution in [-0.4, -0.2) is 128 Å². The van der Waals surface area contributed by atoms with Crippen LogP contribution in [0.3, 0.4) is 0 Å². The minimum Gasteiger partial charge on any atom is -0.439 e. The van der Waals surface area contributed by atoms with E-state index in [0.29, 0.717) is 43.8 Å². The monoisotopic (exact) mass is 720 g/mol. The molecule has 2 aliphatic heterocycles. The fraction of sp³-hybridized carbons (Fsp3) is 0.800. The van der Waals surface area contributed by atoms with Gasteiger partial charge in [0.1, 0.15) is 11.9 Å². The van der Waals surface area contributed by atoms with E-state index in [1.165, 1.54) is 32.1 Å². The third-order valence-corrected chi connectivity index (χ3v) is 11.2. The summed E-state index contributed by atoms with van der Waals surface area (Å²) in [5.74, 6) is -0.416. The Labute approximate surface area is 306 Å². The molecule has 3 aliphatic rings. The van der Waals surface area contributed by atoms with Gasteiger partial charge in [0.2, 0.25) is 0 Å². The molecule has 1 amide bonds. The Morgan fingerprint density at radius 2 is 1.71 bits per heavy atom. The highest BCUT2D eigenvalue weighted by Gasteiger charge is 2.47. The van der Waals surface area contributed by atoms with Crippen LogP contribution >= 0.6 is 0 Å². The molecule has 0 aromatic heterocycles. The van der Waals surface area contributed by atoms with E-state index < -0.39 is 47.6 Å². The first-order valence-electron chi connectivity index (χ1n) is 19.4. The number of epoxide rings is 1. The molecule has 292 valence electrons. The van der Waals surface area contributed by atoms with E-state index in [0.717, 1.165) is 19.5 Å². The number of aliphatic hydroxyl groups excluding tert-OH is 3. The Balaban J connectivity index is 1.64. The van der Waals surface area contributed by atoms with Crippen LogP contribution in [0.25, 0.3) is 0 Å². The van der Waals surface area contributed by atoms with Crippen molar-refractivity contribution in [3.63, 3.8) is 0 Å². The SMILES string of the molecule is CCC(O)C(C)C1OC1CC(C)(O)/C=C/C=C(\C)C(O)C(C)/C=C/C(OC(=O)N1CCCN(C2CCCCC2)CC1)C(C)(O)CCC(O)CC=O. The van der Waals surface area contributed by atoms with Crippen LogP contribution in [0.15, 0.2) is 36.0 Å². The largest absolute Gasteiger partial charge is 0.439 e. The smallest absolute Gasteiger partial charge is 0.410 e. The van der Waals surface area contributed by atoms with Crippen molar-refractivity contribution in [2.24, 2.45) is 11.8 Å². The Hall–Kier alpha value is -2.12. The maximum atomic E-state index is 13.5. The van der Waals surface area contributed by atoms with Crippen LogP contribution in [0.4, 0.5) is 4.79 Å². The van der Waals surface area contributed by atoms with Crippen molar-refractivity contribution >= 4 is 12.4 Å². The summed E-state index contributed by atoms with van der Waals surface area (Å²) in [5, 5.41) is 53.9. The Morgan fingerprint density at radius 1 is 1.00 bits per heavy atom. The molecule has 1 aliphatic carbocycles. The molecule has 10 atom stereocenters. The zero-order chi connectivity index (χ0) is 37.8. The molecular weight excluding hydrogens is 652 g/mol. The second kappa shape index (κ2) is 20.4. The normalized spacial score (nSPS) is 27.2. The van der Waals surface area contributed by atoms with Crippen molar-refractivity contribution in [3.8, 4) is 0 Å². The van der Waals surface area contributed by atoms with Crippen molar-refractivity contribution in [2.75, 3.05) is 26.2 Å². The number of hydrogen-bond acceptors (Lipinski definition) is 10. The predicted molar refractivity (Wildman–Crippen MR) is 198 cm³/mol. The van der Waals surface area contributed by atoms with Gasteiger partial charge in [-0.05, 0) is 70.9 Å². The van der Waals surface area contributed by atoms with Crippen LogP contribution in [0.5, 0.6) is 0 Å². The Bertz CT molecular complexity index is 1160.